The fourth-order valence-electron chi connectivity index (χ4n) is 1.99. The first-order valence-electron chi connectivity index (χ1n) is 6.80. The monoisotopic (exact) mass is 334 g/mol. The second kappa shape index (κ2) is 6.34. The molecule has 21 heavy (non-hydrogen) atoms. The summed E-state index contributed by atoms with van der Waals surface area (Å²) in [5, 5.41) is 2.28. The summed E-state index contributed by atoms with van der Waals surface area (Å²) in [7, 11) is 0. The first-order valence-corrected chi connectivity index (χ1v) is 8.98. The van der Waals surface area contributed by atoms with Crippen molar-refractivity contribution in [2.45, 2.75) is 31.2 Å². The molecule has 0 N–H and O–H groups in total. The van der Waals surface area contributed by atoms with Crippen LogP contribution in [0.1, 0.15) is 22.9 Å². The maximum absolute atomic E-state index is 6.28. The van der Waals surface area contributed by atoms with Gasteiger partial charge in [0.2, 0.25) is 0 Å². The van der Waals surface area contributed by atoms with Gasteiger partial charge in [-0.2, -0.15) is 0 Å². The summed E-state index contributed by atoms with van der Waals surface area (Å²) in [6.45, 7) is 4.23. The number of rotatable bonds is 4. The van der Waals surface area contributed by atoms with E-state index in [-0.39, 0.29) is 0 Å². The van der Waals surface area contributed by atoms with Gasteiger partial charge >= 0.3 is 0 Å². The predicted octanol–water partition coefficient (Wildman–Crippen LogP) is 5.51. The van der Waals surface area contributed by atoms with E-state index in [9.17, 15) is 0 Å². The lowest BCUT2D eigenvalue weighted by atomic mass is 10.2. The van der Waals surface area contributed by atoms with Gasteiger partial charge in [0.05, 0.1) is 0 Å². The Kier molecular flexibility index (Phi) is 4.48. The summed E-state index contributed by atoms with van der Waals surface area (Å²) in [4.78, 5) is 11.3. The SMILES string of the molecule is CCc1cc2c(Cl)nc(SCc3ccc(C)cc3)nc2s1. The number of fused-ring (bicyclic) bond motifs is 1. The second-order valence-electron chi connectivity index (χ2n) is 4.86. The van der Waals surface area contributed by atoms with Crippen LogP contribution in [0.5, 0.6) is 0 Å². The Bertz CT molecular complexity index is 766. The minimum absolute atomic E-state index is 0.558. The minimum atomic E-state index is 0.558. The zero-order chi connectivity index (χ0) is 14.8. The highest BCUT2D eigenvalue weighted by molar-refractivity contribution is 7.98. The van der Waals surface area contributed by atoms with Crippen LogP contribution in [0.4, 0.5) is 0 Å². The Morgan fingerprint density at radius 3 is 2.67 bits per heavy atom. The van der Waals surface area contributed by atoms with E-state index >= 15 is 0 Å². The summed E-state index contributed by atoms with van der Waals surface area (Å²) >= 11 is 9.60. The Hall–Kier alpha value is -1.10. The molecule has 3 aromatic rings. The van der Waals surface area contributed by atoms with Gasteiger partial charge in [0.15, 0.2) is 5.16 Å². The summed E-state index contributed by atoms with van der Waals surface area (Å²) in [6.07, 6.45) is 1.00. The average molecular weight is 335 g/mol. The van der Waals surface area contributed by atoms with E-state index < -0.39 is 0 Å². The van der Waals surface area contributed by atoms with E-state index in [4.69, 9.17) is 11.6 Å². The molecule has 1 aromatic carbocycles. The van der Waals surface area contributed by atoms with Crippen molar-refractivity contribution in [3.05, 3.63) is 51.5 Å². The summed E-state index contributed by atoms with van der Waals surface area (Å²) in [5.74, 6) is 0.855. The number of hydrogen-bond donors (Lipinski definition) is 0. The van der Waals surface area contributed by atoms with Gasteiger partial charge in [-0.15, -0.1) is 11.3 Å². The van der Waals surface area contributed by atoms with Gasteiger partial charge < -0.3 is 0 Å². The third kappa shape index (κ3) is 3.39. The Morgan fingerprint density at radius 1 is 1.19 bits per heavy atom. The van der Waals surface area contributed by atoms with Crippen LogP contribution in [-0.2, 0) is 12.2 Å². The van der Waals surface area contributed by atoms with E-state index in [2.05, 4.69) is 54.1 Å². The van der Waals surface area contributed by atoms with Crippen molar-refractivity contribution < 1.29 is 0 Å². The van der Waals surface area contributed by atoms with E-state index in [0.29, 0.717) is 5.15 Å². The van der Waals surface area contributed by atoms with Crippen LogP contribution in [0.25, 0.3) is 10.2 Å². The number of nitrogens with zero attached hydrogens (tertiary/aromatic N) is 2. The predicted molar refractivity (Wildman–Crippen MR) is 92.5 cm³/mol. The van der Waals surface area contributed by atoms with Crippen molar-refractivity contribution in [2.24, 2.45) is 0 Å². The molecule has 0 atom stereocenters. The van der Waals surface area contributed by atoms with E-state index in [1.807, 2.05) is 0 Å². The Labute approximate surface area is 137 Å². The number of benzene rings is 1. The maximum atomic E-state index is 6.28. The lowest BCUT2D eigenvalue weighted by Crippen LogP contribution is -1.88. The fraction of sp³-hybridized carbons (Fsp3) is 0.250. The van der Waals surface area contributed by atoms with Gasteiger partial charge in [0.1, 0.15) is 9.98 Å². The first-order chi connectivity index (χ1) is 10.2. The summed E-state index contributed by atoms with van der Waals surface area (Å²) in [5.41, 5.74) is 2.54. The van der Waals surface area contributed by atoms with Crippen LogP contribution in [0.2, 0.25) is 5.15 Å². The molecule has 3 rings (SSSR count). The highest BCUT2D eigenvalue weighted by atomic mass is 35.5. The smallest absolute Gasteiger partial charge is 0.190 e. The molecular formula is C16H15ClN2S2. The maximum Gasteiger partial charge on any atom is 0.190 e. The summed E-state index contributed by atoms with van der Waals surface area (Å²) < 4.78 is 0. The molecule has 2 aromatic heterocycles. The van der Waals surface area contributed by atoms with E-state index in [1.54, 1.807) is 23.1 Å². The highest BCUT2D eigenvalue weighted by Crippen LogP contribution is 2.31. The molecule has 0 amide bonds. The summed E-state index contributed by atoms with van der Waals surface area (Å²) in [6, 6.07) is 10.6. The minimum Gasteiger partial charge on any atom is -0.211 e. The van der Waals surface area contributed by atoms with Gasteiger partial charge in [-0.3, -0.25) is 0 Å². The number of aryl methyl sites for hydroxylation is 2. The molecule has 0 spiro atoms. The van der Waals surface area contributed by atoms with Crippen LogP contribution in [0.15, 0.2) is 35.5 Å². The van der Waals surface area contributed by atoms with Gasteiger partial charge in [0, 0.05) is 16.0 Å². The van der Waals surface area contributed by atoms with E-state index in [0.717, 1.165) is 27.5 Å². The van der Waals surface area contributed by atoms with Crippen molar-refractivity contribution >= 4 is 44.9 Å². The lowest BCUT2D eigenvalue weighted by Gasteiger charge is -2.02. The Morgan fingerprint density at radius 2 is 1.95 bits per heavy atom. The molecule has 0 saturated heterocycles. The molecule has 0 aliphatic carbocycles. The fourth-order valence-corrected chi connectivity index (χ4v) is 4.14. The van der Waals surface area contributed by atoms with Crippen LogP contribution < -0.4 is 0 Å². The van der Waals surface area contributed by atoms with Gasteiger partial charge in [-0.1, -0.05) is 60.1 Å². The number of halogens is 1. The normalized spacial score (nSPS) is 11.2. The van der Waals surface area contributed by atoms with Crippen LogP contribution in [0.3, 0.4) is 0 Å². The molecule has 0 aliphatic rings. The van der Waals surface area contributed by atoms with Crippen LogP contribution >= 0.6 is 34.7 Å². The third-order valence-corrected chi connectivity index (χ3v) is 5.59. The number of aromatic nitrogens is 2. The molecular weight excluding hydrogens is 320 g/mol. The molecule has 0 aliphatic heterocycles. The molecule has 2 nitrogen and oxygen atoms in total. The molecule has 0 radical (unpaired) electrons. The number of thiophene rings is 1. The van der Waals surface area contributed by atoms with Crippen molar-refractivity contribution in [3.63, 3.8) is 0 Å². The van der Waals surface area contributed by atoms with Crippen molar-refractivity contribution in [1.82, 2.24) is 9.97 Å². The number of thioether (sulfide) groups is 1. The molecule has 5 heteroatoms. The van der Waals surface area contributed by atoms with Crippen LogP contribution in [-0.4, -0.2) is 9.97 Å². The molecule has 0 saturated carbocycles. The zero-order valence-corrected chi connectivity index (χ0v) is 14.3. The quantitative estimate of drug-likeness (QED) is 0.357. The van der Waals surface area contributed by atoms with Gasteiger partial charge in [-0.05, 0) is 25.0 Å². The largest absolute Gasteiger partial charge is 0.211 e. The van der Waals surface area contributed by atoms with E-state index in [1.165, 1.54) is 16.0 Å². The third-order valence-electron chi connectivity index (χ3n) is 3.21. The number of hydrogen-bond acceptors (Lipinski definition) is 4. The Balaban J connectivity index is 1.82. The topological polar surface area (TPSA) is 25.8 Å². The lowest BCUT2D eigenvalue weighted by molar-refractivity contribution is 1.01. The highest BCUT2D eigenvalue weighted by Gasteiger charge is 2.10. The molecule has 0 unspecified atom stereocenters. The first kappa shape index (κ1) is 14.8. The molecule has 0 fully saturated rings. The molecule has 0 bridgehead atoms. The van der Waals surface area contributed by atoms with Crippen molar-refractivity contribution in [3.8, 4) is 0 Å². The standard InChI is InChI=1S/C16H15ClN2S2/c1-3-12-8-13-14(17)18-16(19-15(13)21-12)20-9-11-6-4-10(2)5-7-11/h4-8H,3,9H2,1-2H3. The molecule has 108 valence electrons. The zero-order valence-electron chi connectivity index (χ0n) is 11.9. The van der Waals surface area contributed by atoms with Crippen molar-refractivity contribution in [2.75, 3.05) is 0 Å². The van der Waals surface area contributed by atoms with Gasteiger partial charge in [-0.25, -0.2) is 9.97 Å². The average Bonchev–Trinajstić information content (AvgIpc) is 2.90. The van der Waals surface area contributed by atoms with Gasteiger partial charge in [0.25, 0.3) is 0 Å². The second-order valence-corrected chi connectivity index (χ2v) is 7.27. The van der Waals surface area contributed by atoms with Crippen molar-refractivity contribution in [1.29, 1.82) is 0 Å². The van der Waals surface area contributed by atoms with Crippen LogP contribution in [0, 0.1) is 6.92 Å². The molecule has 2 heterocycles.